The molecule has 1 N–H and O–H groups in total. The van der Waals surface area contributed by atoms with Crippen molar-refractivity contribution in [3.05, 3.63) is 32.3 Å². The fourth-order valence-corrected chi connectivity index (χ4v) is 3.71. The molecule has 96 valence electrons. The molecule has 2 aromatic rings. The number of aromatic nitrogens is 1. The smallest absolute Gasteiger partial charge is 0.0868 e. The standard InChI is InChI=1S/C14H16Br2N2/c1-7(2)12-8(3)18-13-10(14(12)17-4)5-9(15)6-11(13)16/h5-7H,1-4H3,(H,17,18). The van der Waals surface area contributed by atoms with Gasteiger partial charge in [-0.2, -0.15) is 0 Å². The van der Waals surface area contributed by atoms with Crippen molar-refractivity contribution >= 4 is 48.5 Å². The van der Waals surface area contributed by atoms with Gasteiger partial charge in [0.25, 0.3) is 0 Å². The Morgan fingerprint density at radius 1 is 1.22 bits per heavy atom. The zero-order valence-corrected chi connectivity index (χ0v) is 14.1. The Kier molecular flexibility index (Phi) is 3.97. The van der Waals surface area contributed by atoms with Gasteiger partial charge in [0.2, 0.25) is 0 Å². The van der Waals surface area contributed by atoms with Gasteiger partial charge < -0.3 is 5.32 Å². The van der Waals surface area contributed by atoms with Crippen molar-refractivity contribution in [2.45, 2.75) is 26.7 Å². The van der Waals surface area contributed by atoms with Crippen LogP contribution in [0.4, 0.5) is 5.69 Å². The van der Waals surface area contributed by atoms with Crippen molar-refractivity contribution in [2.24, 2.45) is 0 Å². The van der Waals surface area contributed by atoms with Crippen LogP contribution in [0.3, 0.4) is 0 Å². The first kappa shape index (κ1) is 13.8. The number of aryl methyl sites for hydroxylation is 1. The Labute approximate surface area is 124 Å². The van der Waals surface area contributed by atoms with Crippen LogP contribution in [0.2, 0.25) is 0 Å². The first-order valence-electron chi connectivity index (χ1n) is 5.92. The molecule has 0 atom stereocenters. The van der Waals surface area contributed by atoms with E-state index in [4.69, 9.17) is 4.98 Å². The molecular weight excluding hydrogens is 356 g/mol. The third kappa shape index (κ3) is 2.28. The number of anilines is 1. The summed E-state index contributed by atoms with van der Waals surface area (Å²) in [6.45, 7) is 6.47. The summed E-state index contributed by atoms with van der Waals surface area (Å²) in [5.74, 6) is 0.446. The largest absolute Gasteiger partial charge is 0.387 e. The number of hydrogen-bond donors (Lipinski definition) is 1. The Morgan fingerprint density at radius 3 is 2.44 bits per heavy atom. The molecule has 0 saturated heterocycles. The molecule has 0 bridgehead atoms. The molecule has 0 amide bonds. The normalized spacial score (nSPS) is 11.3. The predicted molar refractivity (Wildman–Crippen MR) is 85.5 cm³/mol. The first-order valence-corrected chi connectivity index (χ1v) is 7.51. The van der Waals surface area contributed by atoms with E-state index in [0.29, 0.717) is 5.92 Å². The average Bonchev–Trinajstić information content (AvgIpc) is 2.28. The fourth-order valence-electron chi connectivity index (χ4n) is 2.40. The highest BCUT2D eigenvalue weighted by molar-refractivity contribution is 9.11. The van der Waals surface area contributed by atoms with Gasteiger partial charge in [-0.3, -0.25) is 4.98 Å². The minimum Gasteiger partial charge on any atom is -0.387 e. The van der Waals surface area contributed by atoms with E-state index in [2.05, 4.69) is 64.0 Å². The number of fused-ring (bicyclic) bond motifs is 1. The third-order valence-corrected chi connectivity index (χ3v) is 4.13. The molecule has 2 rings (SSSR count). The van der Waals surface area contributed by atoms with Gasteiger partial charge in [-0.25, -0.2) is 0 Å². The number of nitrogens with one attached hydrogen (secondary N) is 1. The van der Waals surface area contributed by atoms with E-state index >= 15 is 0 Å². The lowest BCUT2D eigenvalue weighted by molar-refractivity contribution is 0.849. The Morgan fingerprint density at radius 2 is 1.89 bits per heavy atom. The van der Waals surface area contributed by atoms with Gasteiger partial charge in [0, 0.05) is 32.8 Å². The number of rotatable bonds is 2. The molecule has 1 heterocycles. The van der Waals surface area contributed by atoms with Crippen molar-refractivity contribution in [3.63, 3.8) is 0 Å². The molecule has 2 nitrogen and oxygen atoms in total. The number of halogens is 2. The molecular formula is C14H16Br2N2. The molecule has 0 fully saturated rings. The Balaban J connectivity index is 2.94. The summed E-state index contributed by atoms with van der Waals surface area (Å²) in [7, 11) is 1.97. The molecule has 0 saturated carbocycles. The summed E-state index contributed by atoms with van der Waals surface area (Å²) < 4.78 is 2.07. The van der Waals surface area contributed by atoms with E-state index in [9.17, 15) is 0 Å². The third-order valence-electron chi connectivity index (χ3n) is 3.06. The average molecular weight is 372 g/mol. The van der Waals surface area contributed by atoms with Gasteiger partial charge in [-0.15, -0.1) is 0 Å². The van der Waals surface area contributed by atoms with Crippen LogP contribution in [-0.2, 0) is 0 Å². The second kappa shape index (κ2) is 5.17. The Hall–Kier alpha value is -0.610. The van der Waals surface area contributed by atoms with Gasteiger partial charge in [-0.05, 0) is 46.5 Å². The molecule has 0 spiro atoms. The number of pyridine rings is 1. The molecule has 0 aliphatic heterocycles. The van der Waals surface area contributed by atoms with Crippen molar-refractivity contribution < 1.29 is 0 Å². The van der Waals surface area contributed by atoms with Crippen LogP contribution in [0.25, 0.3) is 10.9 Å². The number of nitrogens with zero attached hydrogens (tertiary/aromatic N) is 1. The molecule has 0 aliphatic carbocycles. The van der Waals surface area contributed by atoms with Crippen LogP contribution < -0.4 is 5.32 Å². The highest BCUT2D eigenvalue weighted by atomic mass is 79.9. The van der Waals surface area contributed by atoms with Gasteiger partial charge in [0.1, 0.15) is 0 Å². The van der Waals surface area contributed by atoms with Crippen LogP contribution in [0, 0.1) is 6.92 Å². The van der Waals surface area contributed by atoms with E-state index in [1.807, 2.05) is 13.1 Å². The molecule has 4 heteroatoms. The predicted octanol–water partition coefficient (Wildman–Crippen LogP) is 5.23. The molecule has 1 aromatic heterocycles. The van der Waals surface area contributed by atoms with E-state index < -0.39 is 0 Å². The summed E-state index contributed by atoms with van der Waals surface area (Å²) in [5, 5.41) is 4.48. The molecule has 0 unspecified atom stereocenters. The Bertz CT molecular complexity index is 607. The molecule has 18 heavy (non-hydrogen) atoms. The molecule has 0 radical (unpaired) electrons. The van der Waals surface area contributed by atoms with Crippen LogP contribution in [0.5, 0.6) is 0 Å². The highest BCUT2D eigenvalue weighted by Gasteiger charge is 2.16. The van der Waals surface area contributed by atoms with Crippen LogP contribution in [0.1, 0.15) is 31.0 Å². The molecule has 1 aromatic carbocycles. The van der Waals surface area contributed by atoms with Crippen molar-refractivity contribution in [1.29, 1.82) is 0 Å². The fraction of sp³-hybridized carbons (Fsp3) is 0.357. The topological polar surface area (TPSA) is 24.9 Å². The summed E-state index contributed by atoms with van der Waals surface area (Å²) >= 11 is 7.13. The first-order chi connectivity index (χ1) is 8.45. The van der Waals surface area contributed by atoms with Gasteiger partial charge >= 0.3 is 0 Å². The van der Waals surface area contributed by atoms with Crippen molar-refractivity contribution in [2.75, 3.05) is 12.4 Å². The van der Waals surface area contributed by atoms with Crippen molar-refractivity contribution in [3.8, 4) is 0 Å². The monoisotopic (exact) mass is 370 g/mol. The van der Waals surface area contributed by atoms with Crippen molar-refractivity contribution in [1.82, 2.24) is 4.98 Å². The summed E-state index contributed by atoms with van der Waals surface area (Å²) in [6, 6.07) is 4.15. The minimum absolute atomic E-state index is 0.446. The van der Waals surface area contributed by atoms with Crippen LogP contribution >= 0.6 is 31.9 Å². The number of hydrogen-bond acceptors (Lipinski definition) is 2. The van der Waals surface area contributed by atoms with E-state index in [1.54, 1.807) is 0 Å². The lowest BCUT2D eigenvalue weighted by Crippen LogP contribution is -2.04. The quantitative estimate of drug-likeness (QED) is 0.781. The SMILES string of the molecule is CNc1c(C(C)C)c(C)nc2c(Br)cc(Br)cc12. The lowest BCUT2D eigenvalue weighted by atomic mass is 9.97. The van der Waals surface area contributed by atoms with Crippen LogP contribution in [0.15, 0.2) is 21.1 Å². The zero-order chi connectivity index (χ0) is 13.4. The molecule has 0 aliphatic rings. The van der Waals surface area contributed by atoms with E-state index in [-0.39, 0.29) is 0 Å². The maximum atomic E-state index is 4.74. The van der Waals surface area contributed by atoms with Gasteiger partial charge in [-0.1, -0.05) is 29.8 Å². The maximum absolute atomic E-state index is 4.74. The minimum atomic E-state index is 0.446. The second-order valence-electron chi connectivity index (χ2n) is 4.67. The van der Waals surface area contributed by atoms with Crippen LogP contribution in [-0.4, -0.2) is 12.0 Å². The maximum Gasteiger partial charge on any atom is 0.0868 e. The van der Waals surface area contributed by atoms with E-state index in [1.165, 1.54) is 11.3 Å². The zero-order valence-electron chi connectivity index (χ0n) is 10.9. The second-order valence-corrected chi connectivity index (χ2v) is 6.44. The highest BCUT2D eigenvalue weighted by Crippen LogP contribution is 2.37. The van der Waals surface area contributed by atoms with Gasteiger partial charge in [0.15, 0.2) is 0 Å². The summed E-state index contributed by atoms with van der Waals surface area (Å²) in [6.07, 6.45) is 0. The van der Waals surface area contributed by atoms with E-state index in [0.717, 1.165) is 25.5 Å². The summed E-state index contributed by atoms with van der Waals surface area (Å²) in [4.78, 5) is 4.74. The lowest BCUT2D eigenvalue weighted by Gasteiger charge is -2.18. The summed E-state index contributed by atoms with van der Waals surface area (Å²) in [5.41, 5.74) is 4.55. The van der Waals surface area contributed by atoms with Gasteiger partial charge in [0.05, 0.1) is 5.52 Å². The number of benzene rings is 1.